The minimum absolute atomic E-state index is 0. The van der Waals surface area contributed by atoms with Crippen LogP contribution in [0.4, 0.5) is 0 Å². The molecule has 0 aromatic heterocycles. The zero-order valence-electron chi connectivity index (χ0n) is 10.2. The standard InChI is InChI=1S/2C7H6O2.BrH.Cu/c2*8-7(9)6-4-2-1-3-5-6;;/h2*1-5H,(H,8,9);1H;. The fraction of sp³-hybridized carbons (Fsp3) is 0. The monoisotopic (exact) mass is 387 g/mol. The molecule has 6 heteroatoms. The molecule has 0 heterocycles. The van der Waals surface area contributed by atoms with Crippen molar-refractivity contribution in [3.05, 3.63) is 71.8 Å². The van der Waals surface area contributed by atoms with Crippen molar-refractivity contribution >= 4 is 28.9 Å². The maximum atomic E-state index is 10.2. The van der Waals surface area contributed by atoms with E-state index < -0.39 is 11.9 Å². The van der Waals surface area contributed by atoms with Gasteiger partial charge in [-0.1, -0.05) is 36.4 Å². The van der Waals surface area contributed by atoms with E-state index in [4.69, 9.17) is 10.2 Å². The molecule has 0 aliphatic carbocycles. The zero-order chi connectivity index (χ0) is 13.4. The molecule has 0 atom stereocenters. The summed E-state index contributed by atoms with van der Waals surface area (Å²) < 4.78 is 0. The number of rotatable bonds is 2. The second kappa shape index (κ2) is 11.2. The van der Waals surface area contributed by atoms with Crippen LogP contribution in [-0.4, -0.2) is 22.2 Å². The number of hydrogen-bond acceptors (Lipinski definition) is 2. The van der Waals surface area contributed by atoms with Gasteiger partial charge in [0.1, 0.15) is 0 Å². The Kier molecular flexibility index (Phi) is 11.6. The molecular weight excluding hydrogens is 376 g/mol. The van der Waals surface area contributed by atoms with E-state index in [-0.39, 0.29) is 34.1 Å². The summed E-state index contributed by atoms with van der Waals surface area (Å²) in [5.74, 6) is -1.76. The summed E-state index contributed by atoms with van der Waals surface area (Å²) in [5, 5.41) is 16.8. The van der Waals surface area contributed by atoms with Crippen LogP contribution in [0.3, 0.4) is 0 Å². The van der Waals surface area contributed by atoms with Crippen molar-refractivity contribution in [3.8, 4) is 0 Å². The van der Waals surface area contributed by atoms with Gasteiger partial charge in [-0.2, -0.15) is 0 Å². The van der Waals surface area contributed by atoms with Gasteiger partial charge in [0.25, 0.3) is 0 Å². The molecule has 0 aliphatic rings. The van der Waals surface area contributed by atoms with Crippen LogP contribution >= 0.6 is 17.0 Å². The Morgan fingerprint density at radius 1 is 0.650 bits per heavy atom. The van der Waals surface area contributed by atoms with Gasteiger partial charge in [-0.3, -0.25) is 0 Å². The van der Waals surface area contributed by atoms with Gasteiger partial charge in [0.05, 0.1) is 11.1 Å². The van der Waals surface area contributed by atoms with Crippen LogP contribution in [0.25, 0.3) is 0 Å². The fourth-order valence-corrected chi connectivity index (χ4v) is 1.16. The van der Waals surface area contributed by atoms with Crippen molar-refractivity contribution in [2.24, 2.45) is 0 Å². The molecule has 1 radical (unpaired) electrons. The van der Waals surface area contributed by atoms with Gasteiger partial charge < -0.3 is 10.2 Å². The molecule has 0 saturated carbocycles. The predicted octanol–water partition coefficient (Wildman–Crippen LogP) is 3.35. The summed E-state index contributed by atoms with van der Waals surface area (Å²) in [6.07, 6.45) is 0. The minimum Gasteiger partial charge on any atom is -0.478 e. The summed E-state index contributed by atoms with van der Waals surface area (Å²) in [6, 6.07) is 16.6. The summed E-state index contributed by atoms with van der Waals surface area (Å²) in [6.45, 7) is 0. The summed E-state index contributed by atoms with van der Waals surface area (Å²) in [5.41, 5.74) is 0.662. The first-order valence-electron chi connectivity index (χ1n) is 5.18. The Hall–Kier alpha value is -1.62. The normalized spacial score (nSPS) is 8.00. The topological polar surface area (TPSA) is 74.6 Å². The van der Waals surface area contributed by atoms with Crippen LogP contribution in [0.1, 0.15) is 20.7 Å². The smallest absolute Gasteiger partial charge is 0.335 e. The molecule has 0 amide bonds. The van der Waals surface area contributed by atoms with Crippen molar-refractivity contribution < 1.29 is 36.9 Å². The molecule has 0 spiro atoms. The van der Waals surface area contributed by atoms with Crippen LogP contribution in [0.5, 0.6) is 0 Å². The molecule has 2 rings (SSSR count). The molecule has 2 N–H and O–H groups in total. The molecule has 4 nitrogen and oxygen atoms in total. The molecule has 2 aromatic carbocycles. The quantitative estimate of drug-likeness (QED) is 0.774. The second-order valence-electron chi connectivity index (χ2n) is 3.34. The van der Waals surface area contributed by atoms with Crippen molar-refractivity contribution in [1.29, 1.82) is 0 Å². The van der Waals surface area contributed by atoms with E-state index in [1.807, 2.05) is 0 Å². The van der Waals surface area contributed by atoms with Crippen LogP contribution in [-0.2, 0) is 17.1 Å². The van der Waals surface area contributed by atoms with Gasteiger partial charge in [0.2, 0.25) is 0 Å². The number of benzene rings is 2. The predicted molar refractivity (Wildman–Crippen MR) is 77.1 cm³/mol. The number of carboxylic acid groups (broad SMARTS) is 2. The Morgan fingerprint density at radius 3 is 1.05 bits per heavy atom. The van der Waals surface area contributed by atoms with E-state index in [0.717, 1.165) is 0 Å². The van der Waals surface area contributed by atoms with Crippen molar-refractivity contribution in [2.75, 3.05) is 0 Å². The van der Waals surface area contributed by atoms with E-state index in [1.54, 1.807) is 60.7 Å². The number of carboxylic acids is 2. The molecular formula is C14H13BrCuO4. The maximum Gasteiger partial charge on any atom is 0.335 e. The van der Waals surface area contributed by atoms with E-state index in [1.165, 1.54) is 0 Å². The van der Waals surface area contributed by atoms with Crippen molar-refractivity contribution in [3.63, 3.8) is 0 Å². The Morgan fingerprint density at radius 2 is 0.900 bits per heavy atom. The third-order valence-electron chi connectivity index (χ3n) is 2.04. The first-order chi connectivity index (χ1) is 8.61. The average molecular weight is 389 g/mol. The molecule has 0 bridgehead atoms. The van der Waals surface area contributed by atoms with Crippen molar-refractivity contribution in [2.45, 2.75) is 0 Å². The van der Waals surface area contributed by atoms with Gasteiger partial charge in [-0.25, -0.2) is 9.59 Å². The number of hydrogen-bond donors (Lipinski definition) is 2. The van der Waals surface area contributed by atoms with Crippen molar-refractivity contribution in [1.82, 2.24) is 0 Å². The van der Waals surface area contributed by atoms with E-state index in [2.05, 4.69) is 0 Å². The molecule has 0 fully saturated rings. The third-order valence-corrected chi connectivity index (χ3v) is 2.04. The number of halogens is 1. The SMILES string of the molecule is Br.O=C(O)c1ccccc1.O=C(O)c1ccccc1.[Cu]. The summed E-state index contributed by atoms with van der Waals surface area (Å²) >= 11 is 0. The molecule has 20 heavy (non-hydrogen) atoms. The minimum atomic E-state index is -0.879. The fourth-order valence-electron chi connectivity index (χ4n) is 1.16. The van der Waals surface area contributed by atoms with Crippen LogP contribution < -0.4 is 0 Å². The maximum absolute atomic E-state index is 10.2. The summed E-state index contributed by atoms with van der Waals surface area (Å²) in [7, 11) is 0. The van der Waals surface area contributed by atoms with Gasteiger partial charge in [0.15, 0.2) is 0 Å². The third kappa shape index (κ3) is 7.74. The molecule has 2 aromatic rings. The Balaban J connectivity index is 0. The largest absolute Gasteiger partial charge is 0.478 e. The van der Waals surface area contributed by atoms with Gasteiger partial charge >= 0.3 is 11.9 Å². The van der Waals surface area contributed by atoms with E-state index in [9.17, 15) is 9.59 Å². The van der Waals surface area contributed by atoms with Crippen LogP contribution in [0.15, 0.2) is 60.7 Å². The summed E-state index contributed by atoms with van der Waals surface area (Å²) in [4.78, 5) is 20.4. The second-order valence-corrected chi connectivity index (χ2v) is 3.34. The van der Waals surface area contributed by atoms with E-state index in [0.29, 0.717) is 11.1 Å². The number of carbonyl (C=O) groups is 2. The van der Waals surface area contributed by atoms with Gasteiger partial charge in [0, 0.05) is 17.1 Å². The first-order valence-corrected chi connectivity index (χ1v) is 5.18. The van der Waals surface area contributed by atoms with Gasteiger partial charge in [-0.15, -0.1) is 17.0 Å². The Labute approximate surface area is 137 Å². The van der Waals surface area contributed by atoms with Gasteiger partial charge in [-0.05, 0) is 24.3 Å². The van der Waals surface area contributed by atoms with E-state index >= 15 is 0 Å². The Bertz CT molecular complexity index is 468. The van der Waals surface area contributed by atoms with Crippen LogP contribution in [0, 0.1) is 0 Å². The molecule has 111 valence electrons. The average Bonchev–Trinajstić information content (AvgIpc) is 2.41. The zero-order valence-corrected chi connectivity index (χ0v) is 12.8. The first kappa shape index (κ1) is 20.7. The molecule has 0 aliphatic heterocycles. The van der Waals surface area contributed by atoms with Crippen LogP contribution in [0.2, 0.25) is 0 Å². The number of aromatic carboxylic acids is 2. The molecule has 0 saturated heterocycles. The molecule has 0 unspecified atom stereocenters.